The Morgan fingerprint density at radius 2 is 1.45 bits per heavy atom. The second-order valence-electron chi connectivity index (χ2n) is 3.56. The van der Waals surface area contributed by atoms with Crippen LogP contribution in [0.5, 0.6) is 0 Å². The summed E-state index contributed by atoms with van der Waals surface area (Å²) in [6.45, 7) is 11.8. The summed E-state index contributed by atoms with van der Waals surface area (Å²) in [5.74, 6) is 0. The molecule has 0 aliphatic carbocycles. The fourth-order valence-electron chi connectivity index (χ4n) is 1.33. The molecule has 0 fully saturated rings. The smallest absolute Gasteiger partial charge is 0.299 e. The van der Waals surface area contributed by atoms with E-state index in [0.29, 0.717) is 0 Å². The van der Waals surface area contributed by atoms with Crippen LogP contribution in [0.3, 0.4) is 0 Å². The molecule has 0 heterocycles. The molecule has 0 N–H and O–H groups in total. The number of urea groups is 1. The monoisotopic (exact) mass is 314 g/mol. The highest BCUT2D eigenvalue weighted by molar-refractivity contribution is 8.15. The van der Waals surface area contributed by atoms with Crippen LogP contribution in [0.25, 0.3) is 0 Å². The van der Waals surface area contributed by atoms with Crippen molar-refractivity contribution in [3.8, 4) is 0 Å². The van der Waals surface area contributed by atoms with E-state index in [1.165, 1.54) is 23.3 Å². The number of hydrogen-bond acceptors (Lipinski definition) is 5. The van der Waals surface area contributed by atoms with Gasteiger partial charge in [-0.1, -0.05) is 36.7 Å². The summed E-state index contributed by atoms with van der Waals surface area (Å²) in [6, 6.07) is -0.499. The largest absolute Gasteiger partial charge is 0.344 e. The molecular weight excluding hydrogens is 296 g/mol. The second-order valence-corrected chi connectivity index (χ2v) is 6.20. The van der Waals surface area contributed by atoms with Crippen molar-refractivity contribution in [1.29, 1.82) is 0 Å². The van der Waals surface area contributed by atoms with Crippen LogP contribution in [0.4, 0.5) is 4.79 Å². The molecule has 0 saturated heterocycles. The van der Waals surface area contributed by atoms with Gasteiger partial charge < -0.3 is 0 Å². The molecule has 20 heavy (non-hydrogen) atoms. The molecule has 0 bridgehead atoms. The van der Waals surface area contributed by atoms with Crippen molar-refractivity contribution >= 4 is 46.0 Å². The summed E-state index contributed by atoms with van der Waals surface area (Å²) in [7, 11) is 0. The van der Waals surface area contributed by atoms with Gasteiger partial charge in [-0.3, -0.25) is 14.5 Å². The van der Waals surface area contributed by atoms with E-state index in [9.17, 15) is 14.4 Å². The quantitative estimate of drug-likeness (QED) is 0.428. The fourth-order valence-corrected chi connectivity index (χ4v) is 3.04. The molecule has 0 aromatic heterocycles. The van der Waals surface area contributed by atoms with Crippen molar-refractivity contribution in [2.75, 3.05) is 0 Å². The lowest BCUT2D eigenvalue weighted by Crippen LogP contribution is -2.41. The van der Waals surface area contributed by atoms with Crippen LogP contribution in [0, 0.1) is 0 Å². The minimum atomic E-state index is -0.499. The van der Waals surface area contributed by atoms with Gasteiger partial charge in [0.1, 0.15) is 0 Å². The first-order chi connectivity index (χ1) is 9.37. The maximum absolute atomic E-state index is 12.0. The predicted octanol–water partition coefficient (Wildman–Crippen LogP) is 3.08. The van der Waals surface area contributed by atoms with Crippen molar-refractivity contribution in [3.05, 3.63) is 25.3 Å². The normalized spacial score (nSPS) is 13.6. The van der Waals surface area contributed by atoms with E-state index in [4.69, 9.17) is 0 Å². The number of aliphatic imine (C=N–C) groups is 1. The number of nitrogens with zero attached hydrogens (tertiary/aromatic N) is 2. The molecule has 2 amide bonds. The van der Waals surface area contributed by atoms with Crippen LogP contribution >= 0.6 is 23.5 Å². The summed E-state index contributed by atoms with van der Waals surface area (Å²) in [5.41, 5.74) is 0. The third-order valence-corrected chi connectivity index (χ3v) is 4.09. The van der Waals surface area contributed by atoms with Crippen LogP contribution in [0.2, 0.25) is 0 Å². The van der Waals surface area contributed by atoms with Gasteiger partial charge in [-0.15, -0.1) is 0 Å². The molecule has 0 aliphatic rings. The third kappa shape index (κ3) is 6.21. The summed E-state index contributed by atoms with van der Waals surface area (Å²) in [5, 5.41) is -1.42. The molecule has 0 aromatic rings. The maximum atomic E-state index is 12.0. The maximum Gasteiger partial charge on any atom is 0.344 e. The molecule has 0 spiro atoms. The van der Waals surface area contributed by atoms with E-state index in [2.05, 4.69) is 18.2 Å². The van der Waals surface area contributed by atoms with Crippen molar-refractivity contribution in [3.63, 3.8) is 0 Å². The van der Waals surface area contributed by atoms with Gasteiger partial charge in [0.25, 0.3) is 0 Å². The molecule has 110 valence electrons. The second kappa shape index (κ2) is 9.55. The van der Waals surface area contributed by atoms with E-state index < -0.39 is 16.8 Å². The summed E-state index contributed by atoms with van der Waals surface area (Å²) in [6.07, 6.45) is 3.73. The van der Waals surface area contributed by atoms with Gasteiger partial charge in [-0.05, 0) is 32.9 Å². The van der Waals surface area contributed by atoms with Crippen molar-refractivity contribution in [2.45, 2.75) is 31.5 Å². The number of hydrogen-bond donors (Lipinski definition) is 0. The highest BCUT2D eigenvalue weighted by atomic mass is 32.2. The minimum absolute atomic E-state index is 0.247. The Morgan fingerprint density at radius 3 is 1.75 bits per heavy atom. The van der Waals surface area contributed by atoms with Crippen molar-refractivity contribution in [1.82, 2.24) is 4.90 Å². The Morgan fingerprint density at radius 1 is 1.05 bits per heavy atom. The van der Waals surface area contributed by atoms with Gasteiger partial charge in [-0.25, -0.2) is 9.79 Å². The summed E-state index contributed by atoms with van der Waals surface area (Å²) in [4.78, 5) is 39.8. The van der Waals surface area contributed by atoms with E-state index >= 15 is 0 Å². The van der Waals surface area contributed by atoms with Gasteiger partial charge in [0.05, 0.1) is 10.7 Å². The first-order valence-corrected chi connectivity index (χ1v) is 7.60. The van der Waals surface area contributed by atoms with Crippen LogP contribution in [-0.4, -0.2) is 38.1 Å². The third-order valence-electron chi connectivity index (χ3n) is 2.15. The lowest BCUT2D eigenvalue weighted by atomic mass is 10.5. The standard InChI is InChI=1S/C13H18N2O3S2/c1-6-11(16)19-9(4)15(13(18)14-8-3)10(5)20-12(17)7-2/h6-10H,1-2H2,3-5H3/b14-8+. The topological polar surface area (TPSA) is 66.8 Å². The molecular formula is C13H18N2O3S2. The van der Waals surface area contributed by atoms with Gasteiger partial charge in [0.15, 0.2) is 0 Å². The average molecular weight is 314 g/mol. The molecule has 0 aromatic carbocycles. The first-order valence-electron chi connectivity index (χ1n) is 5.84. The zero-order valence-corrected chi connectivity index (χ0v) is 13.4. The number of amides is 2. The van der Waals surface area contributed by atoms with Gasteiger partial charge in [0, 0.05) is 6.21 Å². The fraction of sp³-hybridized carbons (Fsp3) is 0.385. The molecule has 0 radical (unpaired) electrons. The molecule has 0 saturated carbocycles. The van der Waals surface area contributed by atoms with Crippen molar-refractivity contribution in [2.24, 2.45) is 4.99 Å². The minimum Gasteiger partial charge on any atom is -0.299 e. The zero-order chi connectivity index (χ0) is 15.7. The Labute approximate surface area is 127 Å². The Balaban J connectivity index is 5.10. The molecule has 0 rings (SSSR count). The van der Waals surface area contributed by atoms with E-state index in [1.54, 1.807) is 20.8 Å². The average Bonchev–Trinajstić information content (AvgIpc) is 2.38. The Kier molecular flexibility index (Phi) is 8.91. The number of thioether (sulfide) groups is 2. The highest BCUT2D eigenvalue weighted by Crippen LogP contribution is 2.26. The van der Waals surface area contributed by atoms with Gasteiger partial charge >= 0.3 is 6.03 Å². The van der Waals surface area contributed by atoms with E-state index in [0.717, 1.165) is 23.5 Å². The highest BCUT2D eigenvalue weighted by Gasteiger charge is 2.28. The van der Waals surface area contributed by atoms with Gasteiger partial charge in [0.2, 0.25) is 10.2 Å². The molecule has 2 atom stereocenters. The number of rotatable bonds is 6. The first kappa shape index (κ1) is 18.7. The lowest BCUT2D eigenvalue weighted by molar-refractivity contribution is -0.107. The molecule has 0 aliphatic heterocycles. The van der Waals surface area contributed by atoms with E-state index in [-0.39, 0.29) is 10.2 Å². The van der Waals surface area contributed by atoms with Crippen LogP contribution < -0.4 is 0 Å². The van der Waals surface area contributed by atoms with Crippen LogP contribution in [0.15, 0.2) is 30.3 Å². The predicted molar refractivity (Wildman–Crippen MR) is 85.9 cm³/mol. The lowest BCUT2D eigenvalue weighted by Gasteiger charge is -2.30. The SMILES string of the molecule is C=CC(=O)SC(C)N(C(=O)/N=C/C)C(C)SC(=O)C=C. The molecule has 5 nitrogen and oxygen atoms in total. The molecule has 7 heteroatoms. The Bertz CT molecular complexity index is 407. The van der Waals surface area contributed by atoms with Crippen molar-refractivity contribution < 1.29 is 14.4 Å². The summed E-state index contributed by atoms with van der Waals surface area (Å²) < 4.78 is 0. The zero-order valence-electron chi connectivity index (χ0n) is 11.7. The van der Waals surface area contributed by atoms with Crippen LogP contribution in [0.1, 0.15) is 20.8 Å². The van der Waals surface area contributed by atoms with E-state index in [1.807, 2.05) is 0 Å². The Hall–Kier alpha value is -1.34. The van der Waals surface area contributed by atoms with Gasteiger partial charge in [-0.2, -0.15) is 0 Å². The summed E-state index contributed by atoms with van der Waals surface area (Å²) >= 11 is 1.90. The van der Waals surface area contributed by atoms with Crippen LogP contribution in [-0.2, 0) is 9.59 Å². The molecule has 2 unspecified atom stereocenters. The number of carbonyl (C=O) groups is 3. The number of carbonyl (C=O) groups excluding carboxylic acids is 3.